The summed E-state index contributed by atoms with van der Waals surface area (Å²) >= 11 is 0. The predicted octanol–water partition coefficient (Wildman–Crippen LogP) is 2.86. The number of nitro benzene ring substituents is 1. The fraction of sp³-hybridized carbons (Fsp3) is 0.316. The van der Waals surface area contributed by atoms with E-state index in [4.69, 9.17) is 5.73 Å². The maximum Gasteiger partial charge on any atom is 0.270 e. The van der Waals surface area contributed by atoms with Crippen LogP contribution in [-0.4, -0.2) is 41.9 Å². The van der Waals surface area contributed by atoms with E-state index in [2.05, 4.69) is 4.90 Å². The first-order valence-corrected chi connectivity index (χ1v) is 8.80. The standard InChI is InChI=1S/C19H20F2N4O3/c1-12(15-4-2-13(20)10-17(15)21)23-6-8-24(9-7-23)18-5-3-14(25(27)28)11-16(18)19(22)26/h2-5,10-12H,6-9H2,1H3,(H2,22,26). The van der Waals surface area contributed by atoms with Gasteiger partial charge in [0.15, 0.2) is 0 Å². The molecule has 1 aliphatic rings. The van der Waals surface area contributed by atoms with Crippen molar-refractivity contribution in [3.63, 3.8) is 0 Å². The van der Waals surface area contributed by atoms with Crippen molar-refractivity contribution < 1.29 is 18.5 Å². The molecule has 1 unspecified atom stereocenters. The summed E-state index contributed by atoms with van der Waals surface area (Å²) in [6.45, 7) is 4.07. The van der Waals surface area contributed by atoms with E-state index in [1.807, 2.05) is 11.8 Å². The number of nitrogens with zero attached hydrogens (tertiary/aromatic N) is 3. The summed E-state index contributed by atoms with van der Waals surface area (Å²) in [6, 6.07) is 7.36. The van der Waals surface area contributed by atoms with Gasteiger partial charge in [0.1, 0.15) is 11.6 Å². The summed E-state index contributed by atoms with van der Waals surface area (Å²) in [7, 11) is 0. The molecule has 7 nitrogen and oxygen atoms in total. The molecule has 0 spiro atoms. The first-order valence-electron chi connectivity index (χ1n) is 8.80. The normalized spacial score (nSPS) is 16.0. The van der Waals surface area contributed by atoms with Crippen molar-refractivity contribution in [3.8, 4) is 0 Å². The second-order valence-corrected chi connectivity index (χ2v) is 6.69. The van der Waals surface area contributed by atoms with Crippen molar-refractivity contribution in [2.75, 3.05) is 31.1 Å². The third-order valence-corrected chi connectivity index (χ3v) is 5.07. The lowest BCUT2D eigenvalue weighted by molar-refractivity contribution is -0.384. The molecule has 1 saturated heterocycles. The van der Waals surface area contributed by atoms with Crippen molar-refractivity contribution >= 4 is 17.3 Å². The Morgan fingerprint density at radius 2 is 1.82 bits per heavy atom. The largest absolute Gasteiger partial charge is 0.368 e. The molecular formula is C19H20F2N4O3. The molecule has 1 fully saturated rings. The molecule has 0 radical (unpaired) electrons. The van der Waals surface area contributed by atoms with Crippen LogP contribution in [0.5, 0.6) is 0 Å². The Balaban J connectivity index is 1.75. The van der Waals surface area contributed by atoms with E-state index < -0.39 is 22.5 Å². The number of hydrogen-bond acceptors (Lipinski definition) is 5. The Hall–Kier alpha value is -3.07. The highest BCUT2D eigenvalue weighted by molar-refractivity contribution is 5.99. The highest BCUT2D eigenvalue weighted by Crippen LogP contribution is 2.29. The van der Waals surface area contributed by atoms with Crippen LogP contribution in [-0.2, 0) is 0 Å². The van der Waals surface area contributed by atoms with Gasteiger partial charge in [-0.3, -0.25) is 19.8 Å². The molecule has 1 heterocycles. The van der Waals surface area contributed by atoms with Crippen LogP contribution in [0, 0.1) is 21.7 Å². The Bertz CT molecular complexity index is 914. The molecule has 1 atom stereocenters. The van der Waals surface area contributed by atoms with Gasteiger partial charge in [0.25, 0.3) is 11.6 Å². The lowest BCUT2D eigenvalue weighted by atomic mass is 10.0. The summed E-state index contributed by atoms with van der Waals surface area (Å²) in [5, 5.41) is 10.9. The Kier molecular flexibility index (Phi) is 5.55. The average Bonchev–Trinajstić information content (AvgIpc) is 2.67. The minimum Gasteiger partial charge on any atom is -0.368 e. The molecule has 2 N–H and O–H groups in total. The van der Waals surface area contributed by atoms with Crippen LogP contribution in [0.1, 0.15) is 28.9 Å². The van der Waals surface area contributed by atoms with Gasteiger partial charge in [-0.1, -0.05) is 6.07 Å². The molecular weight excluding hydrogens is 370 g/mol. The van der Waals surface area contributed by atoms with Crippen LogP contribution in [0.15, 0.2) is 36.4 Å². The van der Waals surface area contributed by atoms with E-state index in [-0.39, 0.29) is 17.3 Å². The molecule has 0 aliphatic carbocycles. The van der Waals surface area contributed by atoms with Gasteiger partial charge in [-0.2, -0.15) is 0 Å². The zero-order valence-corrected chi connectivity index (χ0v) is 15.3. The van der Waals surface area contributed by atoms with E-state index in [0.29, 0.717) is 37.4 Å². The smallest absolute Gasteiger partial charge is 0.270 e. The fourth-order valence-corrected chi connectivity index (χ4v) is 3.50. The van der Waals surface area contributed by atoms with E-state index >= 15 is 0 Å². The van der Waals surface area contributed by atoms with Crippen LogP contribution >= 0.6 is 0 Å². The van der Waals surface area contributed by atoms with E-state index in [0.717, 1.165) is 6.07 Å². The van der Waals surface area contributed by atoms with E-state index in [1.54, 1.807) is 0 Å². The SMILES string of the molecule is CC(c1ccc(F)cc1F)N1CCN(c2ccc([N+](=O)[O-])cc2C(N)=O)CC1. The number of non-ortho nitro benzene ring substituents is 1. The van der Waals surface area contributed by atoms with Gasteiger partial charge in [0.05, 0.1) is 16.2 Å². The zero-order chi connectivity index (χ0) is 20.4. The number of rotatable bonds is 5. The first-order chi connectivity index (χ1) is 13.3. The van der Waals surface area contributed by atoms with Crippen molar-refractivity contribution in [1.29, 1.82) is 0 Å². The van der Waals surface area contributed by atoms with E-state index in [9.17, 15) is 23.7 Å². The first kappa shape index (κ1) is 19.7. The number of carbonyl (C=O) groups is 1. The topological polar surface area (TPSA) is 92.7 Å². The second kappa shape index (κ2) is 7.89. The molecule has 9 heteroatoms. The summed E-state index contributed by atoms with van der Waals surface area (Å²) in [6.07, 6.45) is 0. The maximum atomic E-state index is 14.1. The van der Waals surface area contributed by atoms with Gasteiger partial charge in [0.2, 0.25) is 0 Å². The number of nitro groups is 1. The predicted molar refractivity (Wildman–Crippen MR) is 100 cm³/mol. The van der Waals surface area contributed by atoms with Crippen molar-refractivity contribution in [3.05, 3.63) is 69.3 Å². The molecule has 0 saturated carbocycles. The number of nitrogens with two attached hydrogens (primary N) is 1. The Morgan fingerprint density at radius 3 is 2.39 bits per heavy atom. The van der Waals surface area contributed by atoms with Gasteiger partial charge >= 0.3 is 0 Å². The molecule has 3 rings (SSSR count). The Morgan fingerprint density at radius 1 is 1.14 bits per heavy atom. The lowest BCUT2D eigenvalue weighted by Gasteiger charge is -2.39. The minimum atomic E-state index is -0.733. The summed E-state index contributed by atoms with van der Waals surface area (Å²) in [5.74, 6) is -1.93. The van der Waals surface area contributed by atoms with Gasteiger partial charge in [-0.05, 0) is 19.1 Å². The molecule has 1 aliphatic heterocycles. The molecule has 2 aromatic carbocycles. The Labute approximate surface area is 160 Å². The summed E-state index contributed by atoms with van der Waals surface area (Å²) in [4.78, 5) is 26.1. The zero-order valence-electron chi connectivity index (χ0n) is 15.3. The lowest BCUT2D eigenvalue weighted by Crippen LogP contribution is -2.47. The number of hydrogen-bond donors (Lipinski definition) is 1. The second-order valence-electron chi connectivity index (χ2n) is 6.69. The van der Waals surface area contributed by atoms with Crippen molar-refractivity contribution in [1.82, 2.24) is 4.90 Å². The molecule has 0 aromatic heterocycles. The van der Waals surface area contributed by atoms with E-state index in [1.165, 1.54) is 30.3 Å². The number of benzene rings is 2. The number of primary amides is 1. The average molecular weight is 390 g/mol. The van der Waals surface area contributed by atoms with Crippen LogP contribution < -0.4 is 10.6 Å². The fourth-order valence-electron chi connectivity index (χ4n) is 3.50. The number of amides is 1. The highest BCUT2D eigenvalue weighted by Gasteiger charge is 2.26. The monoisotopic (exact) mass is 390 g/mol. The van der Waals surface area contributed by atoms with Crippen molar-refractivity contribution in [2.45, 2.75) is 13.0 Å². The van der Waals surface area contributed by atoms with Crippen LogP contribution in [0.2, 0.25) is 0 Å². The van der Waals surface area contributed by atoms with Crippen molar-refractivity contribution in [2.24, 2.45) is 5.73 Å². The van der Waals surface area contributed by atoms with Crippen LogP contribution in [0.4, 0.5) is 20.2 Å². The number of halogens is 2. The molecule has 1 amide bonds. The number of anilines is 1. The number of carbonyl (C=O) groups excluding carboxylic acids is 1. The van der Waals surface area contributed by atoms with Gasteiger partial charge < -0.3 is 10.6 Å². The van der Waals surface area contributed by atoms with Gasteiger partial charge in [-0.15, -0.1) is 0 Å². The van der Waals surface area contributed by atoms with Crippen LogP contribution in [0.25, 0.3) is 0 Å². The summed E-state index contributed by atoms with van der Waals surface area (Å²) < 4.78 is 27.2. The van der Waals surface area contributed by atoms with Gasteiger partial charge in [0, 0.05) is 56.0 Å². The molecule has 148 valence electrons. The maximum absolute atomic E-state index is 14.1. The third kappa shape index (κ3) is 3.94. The minimum absolute atomic E-state index is 0.0975. The molecule has 28 heavy (non-hydrogen) atoms. The number of piperazine rings is 1. The molecule has 2 aromatic rings. The quantitative estimate of drug-likeness (QED) is 0.626. The van der Waals surface area contributed by atoms with Crippen LogP contribution in [0.3, 0.4) is 0 Å². The molecule has 0 bridgehead atoms. The third-order valence-electron chi connectivity index (χ3n) is 5.07. The van der Waals surface area contributed by atoms with Gasteiger partial charge in [-0.25, -0.2) is 8.78 Å². The summed E-state index contributed by atoms with van der Waals surface area (Å²) in [5.41, 5.74) is 6.26. The highest BCUT2D eigenvalue weighted by atomic mass is 19.1.